The number of rotatable bonds is 8. The van der Waals surface area contributed by atoms with Crippen LogP contribution >= 0.6 is 0 Å². The van der Waals surface area contributed by atoms with Gasteiger partial charge in [0.25, 0.3) is 0 Å². The van der Waals surface area contributed by atoms with Gasteiger partial charge in [-0.1, -0.05) is 13.8 Å². The molecule has 0 rings (SSSR count). The summed E-state index contributed by atoms with van der Waals surface area (Å²) in [6, 6.07) is 0. The Balaban J connectivity index is -0.000000105. The molecule has 0 aliphatic carbocycles. The first kappa shape index (κ1) is 27.9. The van der Waals surface area contributed by atoms with E-state index in [0.29, 0.717) is 0 Å². The summed E-state index contributed by atoms with van der Waals surface area (Å²) in [6.07, 6.45) is 0. The Labute approximate surface area is 140 Å². The monoisotopic (exact) mass is 439 g/mol. The summed E-state index contributed by atoms with van der Waals surface area (Å²) >= 11 is 0. The molecule has 0 amide bonds. The van der Waals surface area contributed by atoms with E-state index < -0.39 is 0 Å². The SMILES string of the molecule is CC[N-]C.CC[N-]C.C[N-]CCN(C)CC[N-]C.[Hf+4]. The minimum atomic E-state index is 0. The standard InChI is InChI=1S/C7H17N3.2C3H8N.Hf/c1-8-4-6-10(3)7-5-9-2;2*1-3-4-2;/h4-7H2,1-3H3;2*3H2,1-2H3;/q-2;2*-1;+4. The van der Waals surface area contributed by atoms with E-state index in [2.05, 4.69) is 33.2 Å². The summed E-state index contributed by atoms with van der Waals surface area (Å²) in [5, 5.41) is 15.5. The Morgan fingerprint density at radius 3 is 1.11 bits per heavy atom. The normalized spacial score (nSPS) is 8.84. The molecule has 0 spiro atoms. The molecular formula is C13H33HfN5. The van der Waals surface area contributed by atoms with Gasteiger partial charge in [0.05, 0.1) is 0 Å². The number of hydrogen-bond acceptors (Lipinski definition) is 1. The second-order valence-electron chi connectivity index (χ2n) is 3.65. The fourth-order valence-electron chi connectivity index (χ4n) is 0.653. The zero-order valence-electron chi connectivity index (χ0n) is 14.0. The van der Waals surface area contributed by atoms with Gasteiger partial charge in [-0.05, 0) is 20.1 Å². The van der Waals surface area contributed by atoms with Crippen LogP contribution in [0.4, 0.5) is 0 Å². The first-order chi connectivity index (χ1) is 8.64. The van der Waals surface area contributed by atoms with E-state index in [1.165, 1.54) is 0 Å². The summed E-state index contributed by atoms with van der Waals surface area (Å²) in [7, 11) is 9.40. The van der Waals surface area contributed by atoms with Crippen LogP contribution in [0.3, 0.4) is 0 Å². The molecule has 0 aliphatic heterocycles. The third-order valence-electron chi connectivity index (χ3n) is 2.04. The third-order valence-corrected chi connectivity index (χ3v) is 2.04. The van der Waals surface area contributed by atoms with Gasteiger partial charge in [0.1, 0.15) is 0 Å². The van der Waals surface area contributed by atoms with Crippen molar-refractivity contribution in [1.82, 2.24) is 4.90 Å². The van der Waals surface area contributed by atoms with Crippen LogP contribution in [0.15, 0.2) is 0 Å². The minimum Gasteiger partial charge on any atom is -0.665 e. The molecule has 114 valence electrons. The molecule has 0 aromatic carbocycles. The fourth-order valence-corrected chi connectivity index (χ4v) is 0.653. The predicted molar refractivity (Wildman–Crippen MR) is 85.4 cm³/mol. The van der Waals surface area contributed by atoms with E-state index in [9.17, 15) is 0 Å². The molecule has 0 saturated carbocycles. The molecule has 0 aromatic rings. The van der Waals surface area contributed by atoms with Gasteiger partial charge >= 0.3 is 25.8 Å². The maximum atomic E-state index is 4.01. The van der Waals surface area contributed by atoms with Crippen LogP contribution < -0.4 is 0 Å². The van der Waals surface area contributed by atoms with E-state index >= 15 is 0 Å². The van der Waals surface area contributed by atoms with Crippen molar-refractivity contribution in [3.63, 3.8) is 0 Å². The zero-order valence-corrected chi connectivity index (χ0v) is 17.6. The molecule has 0 unspecified atom stereocenters. The second-order valence-corrected chi connectivity index (χ2v) is 3.65. The molecular weight excluding hydrogens is 405 g/mol. The van der Waals surface area contributed by atoms with Crippen molar-refractivity contribution >= 4 is 0 Å². The van der Waals surface area contributed by atoms with Crippen LogP contribution in [0.1, 0.15) is 13.8 Å². The van der Waals surface area contributed by atoms with E-state index in [1.54, 1.807) is 14.1 Å². The van der Waals surface area contributed by atoms with Crippen molar-refractivity contribution < 1.29 is 25.8 Å². The molecule has 0 atom stereocenters. The Kier molecular flexibility index (Phi) is 45.8. The molecule has 0 radical (unpaired) electrons. The summed E-state index contributed by atoms with van der Waals surface area (Å²) < 4.78 is 0. The van der Waals surface area contributed by atoms with Gasteiger partial charge < -0.3 is 26.2 Å². The average Bonchev–Trinajstić information content (AvgIpc) is 2.43. The van der Waals surface area contributed by atoms with Crippen LogP contribution in [-0.4, -0.2) is 79.4 Å². The van der Waals surface area contributed by atoms with E-state index in [0.717, 1.165) is 39.3 Å². The fraction of sp³-hybridized carbons (Fsp3) is 1.00. The average molecular weight is 438 g/mol. The summed E-state index contributed by atoms with van der Waals surface area (Å²) in [5.74, 6) is 0. The third kappa shape index (κ3) is 45.6. The van der Waals surface area contributed by atoms with Gasteiger partial charge in [-0.3, -0.25) is 0 Å². The van der Waals surface area contributed by atoms with Crippen molar-refractivity contribution in [2.75, 3.05) is 74.5 Å². The molecule has 0 N–H and O–H groups in total. The molecule has 0 fully saturated rings. The van der Waals surface area contributed by atoms with Crippen molar-refractivity contribution in [2.45, 2.75) is 13.8 Å². The molecule has 0 aromatic heterocycles. The van der Waals surface area contributed by atoms with Gasteiger partial charge in [0.15, 0.2) is 0 Å². The zero-order chi connectivity index (χ0) is 14.6. The Morgan fingerprint density at radius 1 is 0.684 bits per heavy atom. The Bertz CT molecular complexity index is 101. The maximum Gasteiger partial charge on any atom is 4.00 e. The van der Waals surface area contributed by atoms with Crippen LogP contribution in [0.5, 0.6) is 0 Å². The van der Waals surface area contributed by atoms with Crippen molar-refractivity contribution in [3.8, 4) is 0 Å². The van der Waals surface area contributed by atoms with Gasteiger partial charge in [-0.15, -0.1) is 13.1 Å². The van der Waals surface area contributed by atoms with Crippen molar-refractivity contribution in [2.24, 2.45) is 0 Å². The van der Waals surface area contributed by atoms with Gasteiger partial charge in [0, 0.05) is 0 Å². The second kappa shape index (κ2) is 31.2. The van der Waals surface area contributed by atoms with Crippen LogP contribution in [0.25, 0.3) is 21.3 Å². The number of likely N-dealkylation sites (N-methyl/N-ethyl adjacent to an activating group) is 3. The van der Waals surface area contributed by atoms with Crippen molar-refractivity contribution in [3.05, 3.63) is 21.3 Å². The number of hydrogen-bond donors (Lipinski definition) is 0. The maximum absolute atomic E-state index is 4.01. The molecule has 19 heavy (non-hydrogen) atoms. The van der Waals surface area contributed by atoms with E-state index in [-0.39, 0.29) is 25.8 Å². The topological polar surface area (TPSA) is 59.6 Å². The van der Waals surface area contributed by atoms with E-state index in [4.69, 9.17) is 0 Å². The molecule has 0 heterocycles. The summed E-state index contributed by atoms with van der Waals surface area (Å²) in [6.45, 7) is 9.87. The smallest absolute Gasteiger partial charge is 0.665 e. The molecule has 0 aliphatic rings. The summed E-state index contributed by atoms with van der Waals surface area (Å²) in [5.41, 5.74) is 0. The van der Waals surface area contributed by atoms with Gasteiger partial charge in [-0.25, -0.2) is 0 Å². The first-order valence-electron chi connectivity index (χ1n) is 6.55. The first-order valence-corrected chi connectivity index (χ1v) is 6.55. The quantitative estimate of drug-likeness (QED) is 0.538. The molecule has 0 bridgehead atoms. The van der Waals surface area contributed by atoms with Crippen LogP contribution in [0, 0.1) is 0 Å². The number of nitrogens with zero attached hydrogens (tertiary/aromatic N) is 5. The van der Waals surface area contributed by atoms with Gasteiger partial charge in [-0.2, -0.15) is 41.3 Å². The van der Waals surface area contributed by atoms with Crippen LogP contribution in [-0.2, 0) is 25.8 Å². The molecule has 6 heteroatoms. The summed E-state index contributed by atoms with van der Waals surface area (Å²) in [4.78, 5) is 2.24. The molecule has 5 nitrogen and oxygen atoms in total. The van der Waals surface area contributed by atoms with Crippen molar-refractivity contribution in [1.29, 1.82) is 0 Å². The van der Waals surface area contributed by atoms with Crippen LogP contribution in [0.2, 0.25) is 0 Å². The Morgan fingerprint density at radius 2 is 0.947 bits per heavy atom. The van der Waals surface area contributed by atoms with Gasteiger partial charge in [0.2, 0.25) is 0 Å². The van der Waals surface area contributed by atoms with E-state index in [1.807, 2.05) is 27.9 Å². The molecule has 0 saturated heterocycles. The Hall–Kier alpha value is 0.670. The minimum absolute atomic E-state index is 0. The largest absolute Gasteiger partial charge is 4.00 e. The predicted octanol–water partition coefficient (Wildman–Crippen LogP) is 2.94.